The molecule has 7 nitrogen and oxygen atoms in total. The predicted molar refractivity (Wildman–Crippen MR) is 125 cm³/mol. The van der Waals surface area contributed by atoms with Gasteiger partial charge in [0, 0.05) is 36.8 Å². The Hall–Kier alpha value is -2.32. The molecule has 0 aliphatic carbocycles. The summed E-state index contributed by atoms with van der Waals surface area (Å²) in [5.41, 5.74) is 3.60. The van der Waals surface area contributed by atoms with Gasteiger partial charge in [0.05, 0.1) is 53.3 Å². The zero-order valence-corrected chi connectivity index (χ0v) is 19.1. The maximum absolute atomic E-state index is 10.2. The van der Waals surface area contributed by atoms with Crippen LogP contribution >= 0.6 is 11.6 Å². The second-order valence-corrected chi connectivity index (χ2v) is 9.39. The lowest BCUT2D eigenvalue weighted by Gasteiger charge is -2.28. The molecule has 5 rings (SSSR count). The van der Waals surface area contributed by atoms with Gasteiger partial charge in [0.2, 0.25) is 0 Å². The van der Waals surface area contributed by atoms with E-state index in [9.17, 15) is 5.11 Å². The van der Waals surface area contributed by atoms with Crippen LogP contribution in [0.25, 0.3) is 22.3 Å². The van der Waals surface area contributed by atoms with Crippen molar-refractivity contribution in [1.82, 2.24) is 9.97 Å². The maximum atomic E-state index is 10.2. The molecule has 2 fully saturated rings. The number of anilines is 1. The van der Waals surface area contributed by atoms with Crippen molar-refractivity contribution in [2.75, 3.05) is 37.8 Å². The van der Waals surface area contributed by atoms with Gasteiger partial charge in [0.1, 0.15) is 6.10 Å². The number of nitrogens with zero attached hydrogens (tertiary/aromatic N) is 2. The van der Waals surface area contributed by atoms with Gasteiger partial charge in [-0.25, -0.2) is 4.98 Å². The van der Waals surface area contributed by atoms with Crippen molar-refractivity contribution in [2.24, 2.45) is 0 Å². The number of nitrogens with one attached hydrogen (secondary N) is 1. The number of morpholine rings is 1. The van der Waals surface area contributed by atoms with Crippen molar-refractivity contribution in [1.29, 1.82) is 0 Å². The van der Waals surface area contributed by atoms with Gasteiger partial charge in [0.15, 0.2) is 5.88 Å². The molecule has 170 valence electrons. The molecule has 4 heterocycles. The van der Waals surface area contributed by atoms with Crippen molar-refractivity contribution in [3.05, 3.63) is 41.4 Å². The highest BCUT2D eigenvalue weighted by atomic mass is 35.5. The van der Waals surface area contributed by atoms with Crippen molar-refractivity contribution in [3.63, 3.8) is 0 Å². The lowest BCUT2D eigenvalue weighted by atomic mass is 9.99. The molecule has 8 heteroatoms. The minimum atomic E-state index is -0.889. The van der Waals surface area contributed by atoms with Gasteiger partial charge in [0.25, 0.3) is 0 Å². The molecule has 0 saturated carbocycles. The van der Waals surface area contributed by atoms with Gasteiger partial charge in [-0.1, -0.05) is 23.7 Å². The Morgan fingerprint density at radius 3 is 2.62 bits per heavy atom. The molecule has 2 aromatic heterocycles. The highest BCUT2D eigenvalue weighted by molar-refractivity contribution is 6.33. The Bertz CT molecular complexity index is 1090. The summed E-state index contributed by atoms with van der Waals surface area (Å²) in [6, 6.07) is 12.1. The van der Waals surface area contributed by atoms with Crippen molar-refractivity contribution in [3.8, 4) is 17.1 Å². The van der Waals surface area contributed by atoms with Gasteiger partial charge in [-0.15, -0.1) is 0 Å². The number of aromatic nitrogens is 2. The summed E-state index contributed by atoms with van der Waals surface area (Å²) in [6.07, 6.45) is 0.270. The molecule has 2 N–H and O–H groups in total. The van der Waals surface area contributed by atoms with E-state index in [1.807, 2.05) is 12.1 Å². The molecule has 0 bridgehead atoms. The van der Waals surface area contributed by atoms with Crippen LogP contribution in [0.1, 0.15) is 20.3 Å². The fraction of sp³-hybridized carbons (Fsp3) is 0.458. The molecule has 2 atom stereocenters. The monoisotopic (exact) mass is 457 g/mol. The average Bonchev–Trinajstić information content (AvgIpc) is 3.40. The molecule has 0 spiro atoms. The van der Waals surface area contributed by atoms with Crippen LogP contribution in [0.5, 0.6) is 5.88 Å². The molecular weight excluding hydrogens is 430 g/mol. The predicted octanol–water partition coefficient (Wildman–Crippen LogP) is 4.03. The summed E-state index contributed by atoms with van der Waals surface area (Å²) < 4.78 is 17.2. The minimum absolute atomic E-state index is 0.123. The van der Waals surface area contributed by atoms with Crippen LogP contribution in [0.15, 0.2) is 36.4 Å². The molecule has 0 unspecified atom stereocenters. The Morgan fingerprint density at radius 1 is 1.19 bits per heavy atom. The van der Waals surface area contributed by atoms with Crippen molar-refractivity contribution < 1.29 is 19.3 Å². The number of ether oxygens (including phenoxy) is 3. The largest absolute Gasteiger partial charge is 0.473 e. The first kappa shape index (κ1) is 21.5. The lowest BCUT2D eigenvalue weighted by molar-refractivity contribution is -0.0602. The molecule has 2 aliphatic heterocycles. The highest BCUT2D eigenvalue weighted by Crippen LogP contribution is 2.33. The van der Waals surface area contributed by atoms with Crippen LogP contribution in [0, 0.1) is 0 Å². The molecule has 0 amide bonds. The second kappa shape index (κ2) is 8.56. The van der Waals surface area contributed by atoms with Crippen LogP contribution in [0.4, 0.5) is 5.69 Å². The van der Waals surface area contributed by atoms with E-state index in [2.05, 4.69) is 34.1 Å². The Morgan fingerprint density at radius 2 is 1.94 bits per heavy atom. The van der Waals surface area contributed by atoms with Gasteiger partial charge in [-0.3, -0.25) is 0 Å². The Kier molecular flexibility index (Phi) is 5.75. The first-order valence-electron chi connectivity index (χ1n) is 11.0. The third kappa shape index (κ3) is 4.43. The number of benzene rings is 1. The van der Waals surface area contributed by atoms with E-state index in [-0.39, 0.29) is 12.2 Å². The third-order valence-corrected chi connectivity index (χ3v) is 6.38. The summed E-state index contributed by atoms with van der Waals surface area (Å²) in [5.74, 6) is 0.619. The van der Waals surface area contributed by atoms with Gasteiger partial charge in [-0.2, -0.15) is 0 Å². The quantitative estimate of drug-likeness (QED) is 0.602. The number of halogens is 1. The molecule has 2 saturated heterocycles. The summed E-state index contributed by atoms with van der Waals surface area (Å²) in [7, 11) is 0. The molecule has 3 aromatic rings. The maximum Gasteiger partial charge on any atom is 0.193 e. The smallest absolute Gasteiger partial charge is 0.193 e. The van der Waals surface area contributed by atoms with E-state index >= 15 is 0 Å². The SMILES string of the molecule is CC(C)(O)[C@@H]1C[C@H](Oc2cc3nc(-c4ccc(N5CCOCC5)cc4)c(Cl)cc3[nH]2)CO1. The van der Waals surface area contributed by atoms with E-state index < -0.39 is 5.60 Å². The first-order valence-corrected chi connectivity index (χ1v) is 11.4. The van der Waals surface area contributed by atoms with Crippen LogP contribution in [-0.2, 0) is 9.47 Å². The standard InChI is InChI=1S/C24H28ClN3O4/c1-24(2,29)21-11-17(14-31-21)32-22-13-20-19(26-22)12-18(25)23(27-20)15-3-5-16(6-4-15)28-7-9-30-10-8-28/h3-6,12-13,17,21,26,29H,7-11,14H2,1-2H3/t17-,21-/m0/s1. The molecule has 0 radical (unpaired) electrons. The Labute approximate surface area is 192 Å². The molecule has 2 aliphatic rings. The van der Waals surface area contributed by atoms with E-state index in [0.29, 0.717) is 23.9 Å². The fourth-order valence-electron chi connectivity index (χ4n) is 4.28. The Balaban J connectivity index is 1.33. The van der Waals surface area contributed by atoms with E-state index in [0.717, 1.165) is 48.6 Å². The fourth-order valence-corrected chi connectivity index (χ4v) is 4.54. The second-order valence-electron chi connectivity index (χ2n) is 8.98. The lowest BCUT2D eigenvalue weighted by Crippen LogP contribution is -2.36. The number of aliphatic hydroxyl groups is 1. The third-order valence-electron chi connectivity index (χ3n) is 6.09. The van der Waals surface area contributed by atoms with E-state index in [1.54, 1.807) is 13.8 Å². The minimum Gasteiger partial charge on any atom is -0.473 e. The number of rotatable bonds is 5. The van der Waals surface area contributed by atoms with Crippen LogP contribution < -0.4 is 9.64 Å². The number of H-pyrrole nitrogens is 1. The average molecular weight is 458 g/mol. The number of aromatic amines is 1. The zero-order chi connectivity index (χ0) is 22.3. The molecule has 32 heavy (non-hydrogen) atoms. The summed E-state index contributed by atoms with van der Waals surface area (Å²) in [5, 5.41) is 10.7. The highest BCUT2D eigenvalue weighted by Gasteiger charge is 2.37. The van der Waals surface area contributed by atoms with Crippen molar-refractivity contribution >= 4 is 28.3 Å². The van der Waals surface area contributed by atoms with Crippen LogP contribution in [-0.4, -0.2) is 65.8 Å². The molecule has 1 aromatic carbocycles. The number of hydrogen-bond donors (Lipinski definition) is 2. The van der Waals surface area contributed by atoms with Gasteiger partial charge < -0.3 is 29.2 Å². The van der Waals surface area contributed by atoms with Gasteiger partial charge >= 0.3 is 0 Å². The normalized spacial score (nSPS) is 21.9. The van der Waals surface area contributed by atoms with Crippen LogP contribution in [0.3, 0.4) is 0 Å². The number of fused-ring (bicyclic) bond motifs is 1. The number of pyridine rings is 1. The van der Waals surface area contributed by atoms with Crippen LogP contribution in [0.2, 0.25) is 5.02 Å². The van der Waals surface area contributed by atoms with Gasteiger partial charge in [-0.05, 0) is 32.0 Å². The topological polar surface area (TPSA) is 79.8 Å². The van der Waals surface area contributed by atoms with E-state index in [4.69, 9.17) is 30.8 Å². The summed E-state index contributed by atoms with van der Waals surface area (Å²) in [4.78, 5) is 10.3. The molecular formula is C24H28ClN3O4. The number of hydrogen-bond acceptors (Lipinski definition) is 6. The van der Waals surface area contributed by atoms with Crippen molar-refractivity contribution in [2.45, 2.75) is 38.1 Å². The summed E-state index contributed by atoms with van der Waals surface area (Å²) in [6.45, 7) is 7.27. The first-order chi connectivity index (χ1) is 15.4. The summed E-state index contributed by atoms with van der Waals surface area (Å²) >= 11 is 6.58. The zero-order valence-electron chi connectivity index (χ0n) is 18.3. The van der Waals surface area contributed by atoms with E-state index in [1.165, 1.54) is 5.69 Å².